The molecule has 0 saturated heterocycles. The van der Waals surface area contributed by atoms with Crippen molar-refractivity contribution in [1.82, 2.24) is 0 Å². The molecule has 2 heteroatoms. The highest BCUT2D eigenvalue weighted by Gasteiger charge is 1.98. The normalized spacial score (nSPS) is 12.5. The quantitative estimate of drug-likeness (QED) is 0.723. The predicted molar refractivity (Wildman–Crippen MR) is 65.4 cm³/mol. The van der Waals surface area contributed by atoms with Gasteiger partial charge in [-0.1, -0.05) is 25.1 Å². The average molecular weight is 207 g/mol. The molecule has 1 aromatic carbocycles. The molecule has 84 valence electrons. The molecule has 0 amide bonds. The number of nitrogens with one attached hydrogen (secondary N) is 1. The Kier molecular flexibility index (Phi) is 5.19. The number of hydrogen-bond donors (Lipinski definition) is 1. The summed E-state index contributed by atoms with van der Waals surface area (Å²) >= 11 is 0. The molecule has 1 atom stereocenters. The van der Waals surface area contributed by atoms with Gasteiger partial charge in [-0.05, 0) is 31.9 Å². The molecule has 1 aromatic rings. The maximum absolute atomic E-state index is 5.59. The molecule has 0 fully saturated rings. The Morgan fingerprint density at radius 1 is 1.33 bits per heavy atom. The van der Waals surface area contributed by atoms with E-state index in [0.29, 0.717) is 6.10 Å². The maximum Gasteiger partial charge on any atom is 0.0642 e. The van der Waals surface area contributed by atoms with E-state index in [4.69, 9.17) is 4.74 Å². The molecule has 15 heavy (non-hydrogen) atoms. The summed E-state index contributed by atoms with van der Waals surface area (Å²) in [5.74, 6) is 0. The van der Waals surface area contributed by atoms with E-state index in [-0.39, 0.29) is 0 Å². The second-order valence-electron chi connectivity index (χ2n) is 3.83. The van der Waals surface area contributed by atoms with Crippen molar-refractivity contribution in [2.45, 2.75) is 33.3 Å². The zero-order valence-electron chi connectivity index (χ0n) is 9.92. The van der Waals surface area contributed by atoms with Crippen molar-refractivity contribution in [2.75, 3.05) is 18.5 Å². The summed E-state index contributed by atoms with van der Waals surface area (Å²) in [5.41, 5.74) is 2.48. The van der Waals surface area contributed by atoms with E-state index in [9.17, 15) is 0 Å². The first-order valence-electron chi connectivity index (χ1n) is 5.65. The Bertz CT molecular complexity index is 286. The molecule has 1 unspecified atom stereocenters. The second kappa shape index (κ2) is 6.46. The van der Waals surface area contributed by atoms with Crippen LogP contribution in [0, 0.1) is 6.92 Å². The van der Waals surface area contributed by atoms with Crippen LogP contribution >= 0.6 is 0 Å². The molecular formula is C13H21NO. The lowest BCUT2D eigenvalue weighted by molar-refractivity contribution is 0.0713. The fourth-order valence-corrected chi connectivity index (χ4v) is 1.33. The predicted octanol–water partition coefficient (Wildman–Crippen LogP) is 3.22. The minimum Gasteiger partial charge on any atom is -0.383 e. The van der Waals surface area contributed by atoms with Gasteiger partial charge in [0.05, 0.1) is 12.7 Å². The number of aryl methyl sites for hydroxylation is 1. The lowest BCUT2D eigenvalue weighted by Crippen LogP contribution is -2.15. The first-order valence-corrected chi connectivity index (χ1v) is 5.65. The Hall–Kier alpha value is -1.02. The highest BCUT2D eigenvalue weighted by molar-refractivity contribution is 5.50. The van der Waals surface area contributed by atoms with E-state index in [0.717, 1.165) is 19.6 Å². The molecule has 0 aliphatic carbocycles. The topological polar surface area (TPSA) is 21.3 Å². The zero-order valence-corrected chi connectivity index (χ0v) is 9.92. The zero-order chi connectivity index (χ0) is 11.1. The van der Waals surface area contributed by atoms with Crippen molar-refractivity contribution in [1.29, 1.82) is 0 Å². The van der Waals surface area contributed by atoms with Crippen LogP contribution < -0.4 is 5.32 Å². The van der Waals surface area contributed by atoms with Crippen LogP contribution in [0.25, 0.3) is 0 Å². The highest BCUT2D eigenvalue weighted by atomic mass is 16.5. The van der Waals surface area contributed by atoms with E-state index in [1.54, 1.807) is 0 Å². The number of rotatable bonds is 6. The van der Waals surface area contributed by atoms with E-state index in [1.807, 2.05) is 6.07 Å². The van der Waals surface area contributed by atoms with E-state index < -0.39 is 0 Å². The van der Waals surface area contributed by atoms with Gasteiger partial charge in [0.15, 0.2) is 0 Å². The summed E-state index contributed by atoms with van der Waals surface area (Å²) in [6.45, 7) is 7.99. The molecule has 0 aliphatic rings. The van der Waals surface area contributed by atoms with Crippen LogP contribution in [0.15, 0.2) is 24.3 Å². The van der Waals surface area contributed by atoms with Crippen LogP contribution in [0.3, 0.4) is 0 Å². The molecule has 1 rings (SSSR count). The van der Waals surface area contributed by atoms with Crippen molar-refractivity contribution < 1.29 is 4.74 Å². The largest absolute Gasteiger partial charge is 0.383 e. The van der Waals surface area contributed by atoms with Gasteiger partial charge in [0, 0.05) is 12.2 Å². The first-order chi connectivity index (χ1) is 7.24. The van der Waals surface area contributed by atoms with Crippen molar-refractivity contribution in [3.05, 3.63) is 29.8 Å². The summed E-state index contributed by atoms with van der Waals surface area (Å²) < 4.78 is 5.59. The van der Waals surface area contributed by atoms with Gasteiger partial charge >= 0.3 is 0 Å². The molecular weight excluding hydrogens is 186 g/mol. The van der Waals surface area contributed by atoms with E-state index in [1.165, 1.54) is 11.3 Å². The summed E-state index contributed by atoms with van der Waals surface area (Å²) in [6, 6.07) is 8.30. The van der Waals surface area contributed by atoms with Gasteiger partial charge in [-0.25, -0.2) is 0 Å². The number of hydrogen-bond acceptors (Lipinski definition) is 2. The van der Waals surface area contributed by atoms with Crippen molar-refractivity contribution in [3.63, 3.8) is 0 Å². The molecule has 0 heterocycles. The summed E-state index contributed by atoms with van der Waals surface area (Å²) in [5, 5.41) is 3.37. The molecule has 0 aromatic heterocycles. The monoisotopic (exact) mass is 207 g/mol. The van der Waals surface area contributed by atoms with Gasteiger partial charge in [-0.15, -0.1) is 0 Å². The number of ether oxygens (including phenoxy) is 1. The van der Waals surface area contributed by atoms with Gasteiger partial charge in [-0.3, -0.25) is 0 Å². The molecule has 2 nitrogen and oxygen atoms in total. The van der Waals surface area contributed by atoms with Crippen LogP contribution in [0.5, 0.6) is 0 Å². The van der Waals surface area contributed by atoms with Crippen LogP contribution in [-0.2, 0) is 4.74 Å². The van der Waals surface area contributed by atoms with Crippen molar-refractivity contribution >= 4 is 5.69 Å². The third-order valence-corrected chi connectivity index (χ3v) is 2.54. The molecule has 0 spiro atoms. The Morgan fingerprint density at radius 3 is 2.73 bits per heavy atom. The minimum absolute atomic E-state index is 0.365. The second-order valence-corrected chi connectivity index (χ2v) is 3.83. The average Bonchev–Trinajstić information content (AvgIpc) is 2.26. The lowest BCUT2D eigenvalue weighted by Gasteiger charge is -2.12. The minimum atomic E-state index is 0.365. The molecule has 0 radical (unpaired) electrons. The van der Waals surface area contributed by atoms with Crippen LogP contribution in [0.4, 0.5) is 5.69 Å². The lowest BCUT2D eigenvalue weighted by atomic mass is 10.2. The standard InChI is InChI=1S/C13H21NO/c1-4-12(3)15-10-9-14-13-8-6-5-7-11(13)2/h5-8,12,14H,4,9-10H2,1-3H3. The first kappa shape index (κ1) is 12.1. The Balaban J connectivity index is 2.23. The summed E-state index contributed by atoms with van der Waals surface area (Å²) in [6.07, 6.45) is 1.44. The van der Waals surface area contributed by atoms with Gasteiger partial charge in [0.1, 0.15) is 0 Å². The molecule has 0 aliphatic heterocycles. The highest BCUT2D eigenvalue weighted by Crippen LogP contribution is 2.12. The van der Waals surface area contributed by atoms with Crippen LogP contribution in [0.2, 0.25) is 0 Å². The Labute approximate surface area is 92.6 Å². The third-order valence-electron chi connectivity index (χ3n) is 2.54. The smallest absolute Gasteiger partial charge is 0.0642 e. The van der Waals surface area contributed by atoms with E-state index in [2.05, 4.69) is 44.3 Å². The number of anilines is 1. The third kappa shape index (κ3) is 4.34. The molecule has 0 saturated carbocycles. The van der Waals surface area contributed by atoms with Crippen molar-refractivity contribution in [3.8, 4) is 0 Å². The van der Waals surface area contributed by atoms with Gasteiger partial charge < -0.3 is 10.1 Å². The molecule has 1 N–H and O–H groups in total. The summed E-state index contributed by atoms with van der Waals surface area (Å²) in [7, 11) is 0. The van der Waals surface area contributed by atoms with Crippen molar-refractivity contribution in [2.24, 2.45) is 0 Å². The molecule has 0 bridgehead atoms. The summed E-state index contributed by atoms with van der Waals surface area (Å²) in [4.78, 5) is 0. The maximum atomic E-state index is 5.59. The van der Waals surface area contributed by atoms with Gasteiger partial charge in [-0.2, -0.15) is 0 Å². The number of benzene rings is 1. The van der Waals surface area contributed by atoms with Crippen LogP contribution in [-0.4, -0.2) is 19.3 Å². The number of para-hydroxylation sites is 1. The van der Waals surface area contributed by atoms with E-state index >= 15 is 0 Å². The van der Waals surface area contributed by atoms with Crippen LogP contribution in [0.1, 0.15) is 25.8 Å². The van der Waals surface area contributed by atoms with Gasteiger partial charge in [0.2, 0.25) is 0 Å². The van der Waals surface area contributed by atoms with Gasteiger partial charge in [0.25, 0.3) is 0 Å². The fourth-order valence-electron chi connectivity index (χ4n) is 1.33. The Morgan fingerprint density at radius 2 is 2.07 bits per heavy atom. The fraction of sp³-hybridized carbons (Fsp3) is 0.538. The SMILES string of the molecule is CCC(C)OCCNc1ccccc1C.